The zero-order valence-corrected chi connectivity index (χ0v) is 21.1. The summed E-state index contributed by atoms with van der Waals surface area (Å²) in [7, 11) is 0. The van der Waals surface area contributed by atoms with E-state index in [1.807, 2.05) is 51.7 Å². The number of aryl methyl sites for hydroxylation is 1. The van der Waals surface area contributed by atoms with Crippen molar-refractivity contribution in [2.75, 3.05) is 25.0 Å². The molecule has 2 heterocycles. The fraction of sp³-hybridized carbons (Fsp3) is 0.480. The molecule has 1 aromatic heterocycles. The van der Waals surface area contributed by atoms with E-state index in [1.54, 1.807) is 18.3 Å². The smallest absolute Gasteiger partial charge is 0.318 e. The van der Waals surface area contributed by atoms with E-state index < -0.39 is 0 Å². The van der Waals surface area contributed by atoms with Crippen molar-refractivity contribution < 1.29 is 9.59 Å². The highest BCUT2D eigenvalue weighted by molar-refractivity contribution is 6.31. The van der Waals surface area contributed by atoms with Crippen LogP contribution in [0.25, 0.3) is 0 Å². The summed E-state index contributed by atoms with van der Waals surface area (Å²) >= 11 is 6.40. The van der Waals surface area contributed by atoms with Crippen molar-refractivity contribution in [3.05, 3.63) is 57.9 Å². The largest absolute Gasteiger partial charge is 0.333 e. The van der Waals surface area contributed by atoms with E-state index in [9.17, 15) is 9.59 Å². The van der Waals surface area contributed by atoms with Gasteiger partial charge in [-0.3, -0.25) is 14.7 Å². The van der Waals surface area contributed by atoms with Crippen LogP contribution in [0.4, 0.5) is 10.5 Å². The number of pyridine rings is 1. The maximum absolute atomic E-state index is 12.7. The SMILES string of the molecule is Cc1ccc(C(=O)Nc2cc(Cl)cc(CN3CCN(C(=O)NC(C)(C)C)[C@@H](C)C3)c2C)cn1. The number of aromatic nitrogens is 1. The fourth-order valence-corrected chi connectivity index (χ4v) is 4.18. The van der Waals surface area contributed by atoms with Crippen molar-refractivity contribution in [1.82, 2.24) is 20.1 Å². The van der Waals surface area contributed by atoms with Crippen LogP contribution in [0.1, 0.15) is 54.9 Å². The van der Waals surface area contributed by atoms with Crippen molar-refractivity contribution in [2.45, 2.75) is 59.7 Å². The van der Waals surface area contributed by atoms with Crippen LogP contribution in [0.2, 0.25) is 5.02 Å². The number of benzene rings is 1. The molecule has 1 saturated heterocycles. The summed E-state index contributed by atoms with van der Waals surface area (Å²) in [5, 5.41) is 6.60. The van der Waals surface area contributed by atoms with Crippen LogP contribution in [-0.4, -0.2) is 57.9 Å². The van der Waals surface area contributed by atoms with E-state index in [2.05, 4.69) is 27.4 Å². The summed E-state index contributed by atoms with van der Waals surface area (Å²) < 4.78 is 0. The summed E-state index contributed by atoms with van der Waals surface area (Å²) in [5.41, 5.74) is 3.83. The van der Waals surface area contributed by atoms with Crippen molar-refractivity contribution in [1.29, 1.82) is 0 Å². The molecule has 1 fully saturated rings. The molecular formula is C25H34ClN5O2. The second kappa shape index (κ2) is 10.1. The third-order valence-corrected chi connectivity index (χ3v) is 5.97. The molecule has 3 rings (SSSR count). The average molecular weight is 472 g/mol. The number of anilines is 1. The first kappa shape index (κ1) is 25.0. The van der Waals surface area contributed by atoms with Gasteiger partial charge in [0.2, 0.25) is 0 Å². The lowest BCUT2D eigenvalue weighted by Crippen LogP contribution is -2.58. The van der Waals surface area contributed by atoms with Crippen molar-refractivity contribution in [2.24, 2.45) is 0 Å². The Morgan fingerprint density at radius 2 is 1.91 bits per heavy atom. The number of carbonyl (C=O) groups excluding carboxylic acids is 2. The maximum Gasteiger partial charge on any atom is 0.318 e. The van der Waals surface area contributed by atoms with Gasteiger partial charge < -0.3 is 15.5 Å². The molecule has 7 nitrogen and oxygen atoms in total. The van der Waals surface area contributed by atoms with Crippen LogP contribution in [0.15, 0.2) is 30.5 Å². The standard InChI is InChI=1S/C25H34ClN5O2/c1-16-7-8-19(13-27-16)23(32)28-22-12-21(26)11-20(18(22)3)15-30-9-10-31(17(2)14-30)24(33)29-25(4,5)6/h7-8,11-13,17H,9-10,14-15H2,1-6H3,(H,28,32)(H,29,33)/t17-/m0/s1. The number of halogens is 1. The summed E-state index contributed by atoms with van der Waals surface area (Å²) in [6, 6.07) is 7.36. The number of amides is 3. The molecule has 0 unspecified atom stereocenters. The first-order valence-electron chi connectivity index (χ1n) is 11.3. The third kappa shape index (κ3) is 6.68. The Labute approximate surface area is 201 Å². The molecule has 8 heteroatoms. The number of urea groups is 1. The predicted octanol–water partition coefficient (Wildman–Crippen LogP) is 4.62. The second-order valence-electron chi connectivity index (χ2n) is 9.84. The molecule has 0 radical (unpaired) electrons. The van der Waals surface area contributed by atoms with Crippen LogP contribution in [-0.2, 0) is 6.54 Å². The Balaban J connectivity index is 1.68. The minimum absolute atomic E-state index is 0.0239. The van der Waals surface area contributed by atoms with Crippen LogP contribution in [0.5, 0.6) is 0 Å². The predicted molar refractivity (Wildman–Crippen MR) is 133 cm³/mol. The molecule has 1 aliphatic rings. The quantitative estimate of drug-likeness (QED) is 0.682. The molecule has 2 aromatic rings. The molecule has 0 bridgehead atoms. The Bertz CT molecular complexity index is 1020. The van der Waals surface area contributed by atoms with Crippen LogP contribution in [0, 0.1) is 13.8 Å². The number of carbonyl (C=O) groups is 2. The normalized spacial score (nSPS) is 17.1. The van der Waals surface area contributed by atoms with E-state index in [0.717, 1.165) is 29.9 Å². The van der Waals surface area contributed by atoms with Crippen molar-refractivity contribution in [3.8, 4) is 0 Å². The third-order valence-electron chi connectivity index (χ3n) is 5.75. The lowest BCUT2D eigenvalue weighted by atomic mass is 10.0. The zero-order chi connectivity index (χ0) is 24.3. The molecule has 178 valence electrons. The fourth-order valence-electron chi connectivity index (χ4n) is 3.94. The molecule has 3 amide bonds. The molecule has 1 aliphatic heterocycles. The Kier molecular flexibility index (Phi) is 7.65. The number of nitrogens with one attached hydrogen (secondary N) is 2. The van der Waals surface area contributed by atoms with Gasteiger partial charge >= 0.3 is 6.03 Å². The highest BCUT2D eigenvalue weighted by Crippen LogP contribution is 2.27. The van der Waals surface area contributed by atoms with Crippen LogP contribution in [0.3, 0.4) is 0 Å². The number of piperazine rings is 1. The highest BCUT2D eigenvalue weighted by atomic mass is 35.5. The Morgan fingerprint density at radius 1 is 1.18 bits per heavy atom. The summed E-state index contributed by atoms with van der Waals surface area (Å²) in [6.45, 7) is 14.8. The van der Waals surface area contributed by atoms with Gasteiger partial charge in [0.1, 0.15) is 0 Å². The summed E-state index contributed by atoms with van der Waals surface area (Å²) in [6.07, 6.45) is 1.57. The van der Waals surface area contributed by atoms with Gasteiger partial charge in [0, 0.05) is 60.4 Å². The second-order valence-corrected chi connectivity index (χ2v) is 10.3. The topological polar surface area (TPSA) is 77.6 Å². The van der Waals surface area contributed by atoms with Crippen LogP contribution >= 0.6 is 11.6 Å². The summed E-state index contributed by atoms with van der Waals surface area (Å²) in [4.78, 5) is 33.7. The van der Waals surface area contributed by atoms with Gasteiger partial charge in [-0.05, 0) is 76.9 Å². The Hall–Kier alpha value is -2.64. The molecule has 1 aromatic carbocycles. The first-order chi connectivity index (χ1) is 15.4. The highest BCUT2D eigenvalue weighted by Gasteiger charge is 2.29. The zero-order valence-electron chi connectivity index (χ0n) is 20.3. The van der Waals surface area contributed by atoms with Gasteiger partial charge in [0.05, 0.1) is 5.56 Å². The number of rotatable bonds is 4. The summed E-state index contributed by atoms with van der Waals surface area (Å²) in [5.74, 6) is -0.217. The number of nitrogens with zero attached hydrogens (tertiary/aromatic N) is 3. The van der Waals surface area contributed by atoms with E-state index in [-0.39, 0.29) is 23.5 Å². The van der Waals surface area contributed by atoms with Gasteiger partial charge in [0.15, 0.2) is 0 Å². The van der Waals surface area contributed by atoms with Gasteiger partial charge in [-0.15, -0.1) is 0 Å². The maximum atomic E-state index is 12.7. The molecule has 1 atom stereocenters. The molecule has 0 saturated carbocycles. The lowest BCUT2D eigenvalue weighted by Gasteiger charge is -2.41. The minimum atomic E-state index is -0.263. The molecular weight excluding hydrogens is 438 g/mol. The van der Waals surface area contributed by atoms with Crippen LogP contribution < -0.4 is 10.6 Å². The monoisotopic (exact) mass is 471 g/mol. The number of hydrogen-bond donors (Lipinski definition) is 2. The molecule has 33 heavy (non-hydrogen) atoms. The van der Waals surface area contributed by atoms with E-state index in [0.29, 0.717) is 29.4 Å². The van der Waals surface area contributed by atoms with E-state index in [1.165, 1.54) is 0 Å². The van der Waals surface area contributed by atoms with E-state index in [4.69, 9.17) is 11.6 Å². The van der Waals surface area contributed by atoms with Crippen molar-refractivity contribution >= 4 is 29.2 Å². The van der Waals surface area contributed by atoms with Gasteiger partial charge in [-0.25, -0.2) is 4.79 Å². The van der Waals surface area contributed by atoms with E-state index >= 15 is 0 Å². The van der Waals surface area contributed by atoms with Gasteiger partial charge in [-0.1, -0.05) is 11.6 Å². The number of hydrogen-bond acceptors (Lipinski definition) is 4. The molecule has 0 spiro atoms. The van der Waals surface area contributed by atoms with Crippen molar-refractivity contribution in [3.63, 3.8) is 0 Å². The van der Waals surface area contributed by atoms with Gasteiger partial charge in [-0.2, -0.15) is 0 Å². The first-order valence-corrected chi connectivity index (χ1v) is 11.6. The molecule has 0 aliphatic carbocycles. The minimum Gasteiger partial charge on any atom is -0.333 e. The Morgan fingerprint density at radius 3 is 2.52 bits per heavy atom. The average Bonchev–Trinajstić information content (AvgIpc) is 2.70. The molecule has 2 N–H and O–H groups in total. The van der Waals surface area contributed by atoms with Gasteiger partial charge in [0.25, 0.3) is 5.91 Å². The lowest BCUT2D eigenvalue weighted by molar-refractivity contribution is 0.0941.